The molecule has 106 valence electrons. The van der Waals surface area contributed by atoms with Crippen molar-refractivity contribution in [3.63, 3.8) is 0 Å². The average Bonchev–Trinajstić information content (AvgIpc) is 2.43. The Morgan fingerprint density at radius 1 is 1.15 bits per heavy atom. The van der Waals surface area contributed by atoms with Gasteiger partial charge in [-0.1, -0.05) is 13.0 Å². The number of nitrogens with zero attached hydrogens (tertiary/aromatic N) is 2. The van der Waals surface area contributed by atoms with Crippen LogP contribution in [0.5, 0.6) is 0 Å². The molecule has 2 aromatic rings. The fourth-order valence-electron chi connectivity index (χ4n) is 2.10. The highest BCUT2D eigenvalue weighted by Gasteiger charge is 2.15. The zero-order chi connectivity index (χ0) is 14.7. The Kier molecular flexibility index (Phi) is 4.39. The Labute approximate surface area is 116 Å². The highest BCUT2D eigenvalue weighted by molar-refractivity contribution is 5.27. The van der Waals surface area contributed by atoms with Crippen molar-refractivity contribution in [2.45, 2.75) is 32.8 Å². The molecule has 0 spiro atoms. The number of aliphatic hydroxyl groups excluding tert-OH is 1. The van der Waals surface area contributed by atoms with Crippen LogP contribution in [0.4, 0.5) is 8.78 Å². The van der Waals surface area contributed by atoms with Gasteiger partial charge in [0.25, 0.3) is 0 Å². The van der Waals surface area contributed by atoms with E-state index in [-0.39, 0.29) is 6.42 Å². The van der Waals surface area contributed by atoms with Gasteiger partial charge < -0.3 is 5.11 Å². The van der Waals surface area contributed by atoms with Crippen LogP contribution in [-0.4, -0.2) is 15.3 Å². The van der Waals surface area contributed by atoms with Crippen molar-refractivity contribution >= 4 is 0 Å². The maximum Gasteiger partial charge on any atom is 0.159 e. The van der Waals surface area contributed by atoms with Gasteiger partial charge in [-0.3, -0.25) is 0 Å². The molecule has 1 N–H and O–H groups in total. The van der Waals surface area contributed by atoms with Crippen molar-refractivity contribution in [1.82, 2.24) is 10.2 Å². The van der Waals surface area contributed by atoms with E-state index in [1.165, 1.54) is 6.07 Å². The SMILES string of the molecule is CCc1nnc(C)cc1C(O)Cc1ccc(F)c(F)c1. The Balaban J connectivity index is 2.25. The standard InChI is InChI=1S/C15H16F2N2O/c1-3-14-11(6-9(2)18-19-14)15(20)8-10-4-5-12(16)13(17)7-10/h4-7,15,20H,3,8H2,1-2H3. The molecule has 20 heavy (non-hydrogen) atoms. The molecule has 1 heterocycles. The van der Waals surface area contributed by atoms with Gasteiger partial charge in [0.05, 0.1) is 17.5 Å². The molecule has 0 amide bonds. The minimum atomic E-state index is -0.908. The molecule has 1 aromatic heterocycles. The fourth-order valence-corrected chi connectivity index (χ4v) is 2.10. The van der Waals surface area contributed by atoms with Crippen molar-refractivity contribution in [3.8, 4) is 0 Å². The van der Waals surface area contributed by atoms with Gasteiger partial charge in [-0.15, -0.1) is 0 Å². The third-order valence-corrected chi connectivity index (χ3v) is 3.13. The molecule has 0 radical (unpaired) electrons. The van der Waals surface area contributed by atoms with Gasteiger partial charge in [0.1, 0.15) is 0 Å². The summed E-state index contributed by atoms with van der Waals surface area (Å²) in [6.45, 7) is 3.72. The predicted octanol–water partition coefficient (Wildman–Crippen LogP) is 2.90. The normalized spacial score (nSPS) is 12.4. The number of aryl methyl sites for hydroxylation is 2. The van der Waals surface area contributed by atoms with Crippen molar-refractivity contribution < 1.29 is 13.9 Å². The van der Waals surface area contributed by atoms with Crippen LogP contribution in [0.2, 0.25) is 0 Å². The van der Waals surface area contributed by atoms with Crippen molar-refractivity contribution in [3.05, 3.63) is 58.4 Å². The lowest BCUT2D eigenvalue weighted by molar-refractivity contribution is 0.176. The monoisotopic (exact) mass is 278 g/mol. The van der Waals surface area contributed by atoms with Crippen molar-refractivity contribution in [2.75, 3.05) is 0 Å². The highest BCUT2D eigenvalue weighted by atomic mass is 19.2. The van der Waals surface area contributed by atoms with Gasteiger partial charge in [0.15, 0.2) is 11.6 Å². The van der Waals surface area contributed by atoms with E-state index in [1.54, 1.807) is 13.0 Å². The minimum Gasteiger partial charge on any atom is -0.388 e. The number of aromatic nitrogens is 2. The topological polar surface area (TPSA) is 46.0 Å². The first kappa shape index (κ1) is 14.5. The van der Waals surface area contributed by atoms with Crippen LogP contribution >= 0.6 is 0 Å². The number of rotatable bonds is 4. The molecule has 5 heteroatoms. The fraction of sp³-hybridized carbons (Fsp3) is 0.333. The van der Waals surface area contributed by atoms with Crippen LogP contribution in [0.1, 0.15) is 35.5 Å². The molecule has 0 saturated heterocycles. The van der Waals surface area contributed by atoms with Crippen LogP contribution in [0.3, 0.4) is 0 Å². The first-order valence-corrected chi connectivity index (χ1v) is 6.46. The number of hydrogen-bond donors (Lipinski definition) is 1. The van der Waals surface area contributed by atoms with Gasteiger partial charge in [-0.05, 0) is 37.1 Å². The van der Waals surface area contributed by atoms with E-state index >= 15 is 0 Å². The molecule has 0 aliphatic heterocycles. The molecule has 3 nitrogen and oxygen atoms in total. The van der Waals surface area contributed by atoms with E-state index in [4.69, 9.17) is 0 Å². The van der Waals surface area contributed by atoms with Gasteiger partial charge in [0.2, 0.25) is 0 Å². The van der Waals surface area contributed by atoms with Gasteiger partial charge in [-0.25, -0.2) is 8.78 Å². The molecule has 0 aliphatic rings. The summed E-state index contributed by atoms with van der Waals surface area (Å²) in [6, 6.07) is 5.41. The summed E-state index contributed by atoms with van der Waals surface area (Å²) in [5.41, 5.74) is 2.64. The smallest absolute Gasteiger partial charge is 0.159 e. The summed E-state index contributed by atoms with van der Waals surface area (Å²) < 4.78 is 26.0. The second-order valence-electron chi connectivity index (χ2n) is 4.71. The Bertz CT molecular complexity index is 617. The summed E-state index contributed by atoms with van der Waals surface area (Å²) in [7, 11) is 0. The second kappa shape index (κ2) is 6.05. The zero-order valence-electron chi connectivity index (χ0n) is 11.4. The third kappa shape index (κ3) is 3.17. The van der Waals surface area contributed by atoms with E-state index in [2.05, 4.69) is 10.2 Å². The number of aliphatic hydroxyl groups is 1. The third-order valence-electron chi connectivity index (χ3n) is 3.13. The molecule has 0 saturated carbocycles. The van der Waals surface area contributed by atoms with E-state index in [0.29, 0.717) is 28.9 Å². The molecular weight excluding hydrogens is 262 g/mol. The van der Waals surface area contributed by atoms with Crippen LogP contribution < -0.4 is 0 Å². The molecule has 0 aliphatic carbocycles. The summed E-state index contributed by atoms with van der Waals surface area (Å²) in [5, 5.41) is 18.3. The average molecular weight is 278 g/mol. The molecule has 0 bridgehead atoms. The van der Waals surface area contributed by atoms with Gasteiger partial charge in [0, 0.05) is 12.0 Å². The van der Waals surface area contributed by atoms with Crippen LogP contribution in [0.15, 0.2) is 24.3 Å². The van der Waals surface area contributed by atoms with E-state index in [9.17, 15) is 13.9 Å². The molecule has 1 unspecified atom stereocenters. The predicted molar refractivity (Wildman–Crippen MR) is 71.2 cm³/mol. The van der Waals surface area contributed by atoms with E-state index in [0.717, 1.165) is 12.1 Å². The molecular formula is C15H16F2N2O. The van der Waals surface area contributed by atoms with Gasteiger partial charge in [-0.2, -0.15) is 10.2 Å². The summed E-state index contributed by atoms with van der Waals surface area (Å²) in [4.78, 5) is 0. The van der Waals surface area contributed by atoms with Crippen LogP contribution in [0, 0.1) is 18.6 Å². The molecule has 1 aromatic carbocycles. The maximum atomic E-state index is 13.2. The van der Waals surface area contributed by atoms with Gasteiger partial charge >= 0.3 is 0 Å². The first-order chi connectivity index (χ1) is 9.51. The quantitative estimate of drug-likeness (QED) is 0.935. The maximum absolute atomic E-state index is 13.2. The van der Waals surface area contributed by atoms with E-state index < -0.39 is 17.7 Å². The molecule has 1 atom stereocenters. The Hall–Kier alpha value is -1.88. The summed E-state index contributed by atoms with van der Waals surface area (Å²) in [6.07, 6.45) is 0.0382. The minimum absolute atomic E-state index is 0.204. The lowest BCUT2D eigenvalue weighted by atomic mass is 9.99. The van der Waals surface area contributed by atoms with Crippen molar-refractivity contribution in [1.29, 1.82) is 0 Å². The lowest BCUT2D eigenvalue weighted by Crippen LogP contribution is -2.09. The number of benzene rings is 1. The first-order valence-electron chi connectivity index (χ1n) is 6.46. The molecule has 0 fully saturated rings. The lowest BCUT2D eigenvalue weighted by Gasteiger charge is -2.14. The Morgan fingerprint density at radius 2 is 1.90 bits per heavy atom. The number of halogens is 2. The van der Waals surface area contributed by atoms with Crippen LogP contribution in [0.25, 0.3) is 0 Å². The number of hydrogen-bond acceptors (Lipinski definition) is 3. The zero-order valence-corrected chi connectivity index (χ0v) is 11.4. The summed E-state index contributed by atoms with van der Waals surface area (Å²) >= 11 is 0. The summed E-state index contributed by atoms with van der Waals surface area (Å²) in [5.74, 6) is -1.80. The second-order valence-corrected chi connectivity index (χ2v) is 4.71. The van der Waals surface area contributed by atoms with E-state index in [1.807, 2.05) is 6.92 Å². The van der Waals surface area contributed by atoms with Crippen molar-refractivity contribution in [2.24, 2.45) is 0 Å². The molecule has 2 rings (SSSR count). The largest absolute Gasteiger partial charge is 0.388 e. The highest BCUT2D eigenvalue weighted by Crippen LogP contribution is 2.22. The Morgan fingerprint density at radius 3 is 2.55 bits per heavy atom. The van der Waals surface area contributed by atoms with Crippen LogP contribution in [-0.2, 0) is 12.8 Å².